The predicted octanol–water partition coefficient (Wildman–Crippen LogP) is 1.80. The lowest BCUT2D eigenvalue weighted by molar-refractivity contribution is -0.130. The third-order valence-corrected chi connectivity index (χ3v) is 8.91. The van der Waals surface area contributed by atoms with Gasteiger partial charge >= 0.3 is 10.2 Å². The molecule has 2 aromatic heterocycles. The highest BCUT2D eigenvalue weighted by atomic mass is 32.2. The Labute approximate surface area is 207 Å². The maximum Gasteiger partial charge on any atom is 0.304 e. The van der Waals surface area contributed by atoms with E-state index in [1.165, 1.54) is 17.7 Å². The molecule has 0 radical (unpaired) electrons. The molecule has 0 atom stereocenters. The minimum Gasteiger partial charge on any atom is -0.353 e. The number of amides is 1. The van der Waals surface area contributed by atoms with Gasteiger partial charge in [0.15, 0.2) is 0 Å². The van der Waals surface area contributed by atoms with Crippen LogP contribution in [0.15, 0.2) is 30.5 Å². The number of carbonyl (C=O) groups is 1. The Hall–Kier alpha value is -3.31. The average molecular weight is 521 g/mol. The van der Waals surface area contributed by atoms with Crippen molar-refractivity contribution in [3.8, 4) is 6.07 Å². The Morgan fingerprint density at radius 3 is 2.81 bits per heavy atom. The molecule has 0 aromatic carbocycles. The van der Waals surface area contributed by atoms with Crippen LogP contribution >= 0.6 is 0 Å². The van der Waals surface area contributed by atoms with Gasteiger partial charge in [0, 0.05) is 57.6 Å². The molecule has 1 aliphatic carbocycles. The first-order valence-corrected chi connectivity index (χ1v) is 13.0. The number of hydrogen-bond acceptors (Lipinski definition) is 7. The summed E-state index contributed by atoms with van der Waals surface area (Å²) in [5.41, 5.74) is 0.0149. The molecule has 1 amide bonds. The zero-order valence-corrected chi connectivity index (χ0v) is 20.5. The van der Waals surface area contributed by atoms with Crippen LogP contribution in [-0.2, 0) is 15.0 Å². The van der Waals surface area contributed by atoms with Crippen molar-refractivity contribution in [1.82, 2.24) is 28.5 Å². The smallest absolute Gasteiger partial charge is 0.304 e. The molecular formula is C22H26F2N8O3S. The molecule has 3 fully saturated rings. The second kappa shape index (κ2) is 8.67. The van der Waals surface area contributed by atoms with E-state index in [0.717, 1.165) is 26.6 Å². The first-order valence-electron chi connectivity index (χ1n) is 11.6. The molecule has 2 aromatic rings. The number of rotatable bonds is 6. The molecule has 1 saturated carbocycles. The standard InChI is InChI=1S/C22H26F2N8O3S/c1-29(12-16-11-22(23,24)14-31(16)18(33)3-2-7-25)36(34,35)32-10-9-30(13-21(32)5-6-21)20-17-4-8-26-19(17)27-15-28-20/h4,8,12,15H,2-3,5-6,9-11,13-14H2,1H3,(H,26,27,28). The van der Waals surface area contributed by atoms with Gasteiger partial charge < -0.3 is 14.8 Å². The van der Waals surface area contributed by atoms with E-state index in [2.05, 4.69) is 19.9 Å². The van der Waals surface area contributed by atoms with E-state index in [9.17, 15) is 22.0 Å². The van der Waals surface area contributed by atoms with Crippen LogP contribution in [0.4, 0.5) is 14.6 Å². The van der Waals surface area contributed by atoms with Crippen LogP contribution < -0.4 is 4.90 Å². The molecule has 2 saturated heterocycles. The normalized spacial score (nSPS) is 22.3. The fraction of sp³-hybridized carbons (Fsp3) is 0.545. The van der Waals surface area contributed by atoms with Crippen molar-refractivity contribution in [1.29, 1.82) is 5.26 Å². The van der Waals surface area contributed by atoms with Crippen LogP contribution in [0.25, 0.3) is 11.0 Å². The van der Waals surface area contributed by atoms with Gasteiger partial charge in [0.05, 0.1) is 30.0 Å². The number of aromatic amines is 1. The summed E-state index contributed by atoms with van der Waals surface area (Å²) in [6.45, 7) is 0.225. The summed E-state index contributed by atoms with van der Waals surface area (Å²) in [6.07, 6.45) is 4.65. The Bertz CT molecular complexity index is 1360. The number of nitriles is 1. The van der Waals surface area contributed by atoms with E-state index in [-0.39, 0.29) is 25.1 Å². The second-order valence-electron chi connectivity index (χ2n) is 9.47. The zero-order chi connectivity index (χ0) is 25.7. The minimum atomic E-state index is -4.05. The summed E-state index contributed by atoms with van der Waals surface area (Å²) in [7, 11) is -2.75. The van der Waals surface area contributed by atoms with E-state index in [0.29, 0.717) is 31.6 Å². The number of fused-ring (bicyclic) bond motifs is 1. The molecule has 14 heteroatoms. The van der Waals surface area contributed by atoms with Crippen molar-refractivity contribution in [3.05, 3.63) is 30.5 Å². The molecule has 1 N–H and O–H groups in total. The first-order chi connectivity index (χ1) is 17.1. The summed E-state index contributed by atoms with van der Waals surface area (Å²) >= 11 is 0. The lowest BCUT2D eigenvalue weighted by atomic mass is 10.2. The number of aromatic nitrogens is 3. The first kappa shape index (κ1) is 24.4. The number of hydrogen-bond donors (Lipinski definition) is 1. The van der Waals surface area contributed by atoms with Crippen molar-refractivity contribution in [2.24, 2.45) is 0 Å². The van der Waals surface area contributed by atoms with Crippen LogP contribution in [0.5, 0.6) is 0 Å². The molecule has 5 rings (SSSR count). The van der Waals surface area contributed by atoms with Crippen LogP contribution in [0.1, 0.15) is 32.1 Å². The van der Waals surface area contributed by atoms with Gasteiger partial charge in [-0.3, -0.25) is 9.10 Å². The number of nitrogens with one attached hydrogen (secondary N) is 1. The molecule has 0 bridgehead atoms. The van der Waals surface area contributed by atoms with Crippen LogP contribution in [0.2, 0.25) is 0 Å². The lowest BCUT2D eigenvalue weighted by Gasteiger charge is -2.42. The fourth-order valence-electron chi connectivity index (χ4n) is 5.01. The van der Waals surface area contributed by atoms with Crippen molar-refractivity contribution in [2.75, 3.05) is 38.1 Å². The Morgan fingerprint density at radius 1 is 1.31 bits per heavy atom. The monoisotopic (exact) mass is 520 g/mol. The largest absolute Gasteiger partial charge is 0.353 e. The molecule has 1 spiro atoms. The number of alkyl halides is 2. The molecule has 192 valence electrons. The van der Waals surface area contributed by atoms with Gasteiger partial charge in [0.25, 0.3) is 5.92 Å². The van der Waals surface area contributed by atoms with E-state index in [1.807, 2.05) is 12.1 Å². The maximum atomic E-state index is 14.2. The van der Waals surface area contributed by atoms with E-state index < -0.39 is 40.5 Å². The van der Waals surface area contributed by atoms with Gasteiger partial charge in [-0.25, -0.2) is 18.7 Å². The molecule has 36 heavy (non-hydrogen) atoms. The third kappa shape index (κ3) is 4.26. The number of halogens is 2. The van der Waals surface area contributed by atoms with Gasteiger partial charge in [-0.1, -0.05) is 0 Å². The summed E-state index contributed by atoms with van der Waals surface area (Å²) in [4.78, 5) is 27.0. The van der Waals surface area contributed by atoms with Crippen molar-refractivity contribution in [3.63, 3.8) is 0 Å². The predicted molar refractivity (Wildman–Crippen MR) is 126 cm³/mol. The van der Waals surface area contributed by atoms with Crippen molar-refractivity contribution >= 4 is 33.0 Å². The highest BCUT2D eigenvalue weighted by Crippen LogP contribution is 2.47. The van der Waals surface area contributed by atoms with E-state index >= 15 is 0 Å². The fourth-order valence-corrected chi connectivity index (χ4v) is 6.62. The molecule has 2 aliphatic heterocycles. The van der Waals surface area contributed by atoms with Crippen molar-refractivity contribution in [2.45, 2.75) is 43.6 Å². The van der Waals surface area contributed by atoms with Gasteiger partial charge in [-0.2, -0.15) is 18.0 Å². The minimum absolute atomic E-state index is 0.0756. The van der Waals surface area contributed by atoms with Crippen LogP contribution in [0, 0.1) is 11.3 Å². The van der Waals surface area contributed by atoms with Gasteiger partial charge in [-0.15, -0.1) is 0 Å². The molecule has 11 nitrogen and oxygen atoms in total. The second-order valence-corrected chi connectivity index (χ2v) is 11.4. The summed E-state index contributed by atoms with van der Waals surface area (Å²) in [6, 6.07) is 3.71. The van der Waals surface area contributed by atoms with Crippen LogP contribution in [0.3, 0.4) is 0 Å². The maximum absolute atomic E-state index is 14.2. The summed E-state index contributed by atoms with van der Waals surface area (Å²) < 4.78 is 57.8. The highest BCUT2D eigenvalue weighted by Gasteiger charge is 2.57. The van der Waals surface area contributed by atoms with Gasteiger partial charge in [0.1, 0.15) is 17.8 Å². The molecular weight excluding hydrogens is 494 g/mol. The highest BCUT2D eigenvalue weighted by molar-refractivity contribution is 7.86. The SMILES string of the molecule is CN(C=C1CC(F)(F)CN1C(=O)CCC#N)S(=O)(=O)N1CCN(c2ncnc3[nH]ccc23)CC12CC2. The lowest BCUT2D eigenvalue weighted by Crippen LogP contribution is -2.59. The number of carbonyl (C=O) groups excluding carboxylic acids is 1. The third-order valence-electron chi connectivity index (χ3n) is 6.95. The number of anilines is 1. The number of piperazine rings is 1. The molecule has 3 aliphatic rings. The van der Waals surface area contributed by atoms with Gasteiger partial charge in [0.2, 0.25) is 5.91 Å². The molecule has 0 unspecified atom stereocenters. The van der Waals surface area contributed by atoms with E-state index in [1.54, 1.807) is 6.20 Å². The summed E-state index contributed by atoms with van der Waals surface area (Å²) in [5.74, 6) is -3.05. The number of likely N-dealkylation sites (tertiary alicyclic amines) is 1. The Morgan fingerprint density at radius 2 is 2.08 bits per heavy atom. The number of allylic oxidation sites excluding steroid dienone is 1. The summed E-state index contributed by atoms with van der Waals surface area (Å²) in [5, 5.41) is 9.58. The van der Waals surface area contributed by atoms with Crippen LogP contribution in [-0.4, -0.2) is 87.5 Å². The Balaban J connectivity index is 1.36. The number of nitrogens with zero attached hydrogens (tertiary/aromatic N) is 7. The average Bonchev–Trinajstić information content (AvgIpc) is 3.27. The topological polar surface area (TPSA) is 130 Å². The van der Waals surface area contributed by atoms with E-state index in [4.69, 9.17) is 5.26 Å². The van der Waals surface area contributed by atoms with Gasteiger partial charge in [-0.05, 0) is 18.9 Å². The molecule has 4 heterocycles. The van der Waals surface area contributed by atoms with Crippen molar-refractivity contribution < 1.29 is 22.0 Å². The zero-order valence-electron chi connectivity index (χ0n) is 19.7. The quantitative estimate of drug-likeness (QED) is 0.615. The number of H-pyrrole nitrogens is 1. The Kier molecular flexibility index (Phi) is 5.87.